The molecule has 0 aromatic heterocycles. The number of aliphatic carboxylic acids is 1. The van der Waals surface area contributed by atoms with Crippen molar-refractivity contribution < 1.29 is 19.4 Å². The molecule has 0 aliphatic carbocycles. The summed E-state index contributed by atoms with van der Waals surface area (Å²) < 4.78 is 5.35. The monoisotopic (exact) mass is 313 g/mol. The van der Waals surface area contributed by atoms with E-state index in [2.05, 4.69) is 5.32 Å². The van der Waals surface area contributed by atoms with E-state index in [0.717, 1.165) is 11.1 Å². The molecule has 2 rings (SSSR count). The minimum Gasteiger partial charge on any atom is -0.484 e. The van der Waals surface area contributed by atoms with Gasteiger partial charge in [-0.25, -0.2) is 4.79 Å². The molecule has 0 saturated heterocycles. The van der Waals surface area contributed by atoms with Gasteiger partial charge in [0.1, 0.15) is 11.8 Å². The van der Waals surface area contributed by atoms with Gasteiger partial charge in [0.05, 0.1) is 0 Å². The van der Waals surface area contributed by atoms with Crippen LogP contribution in [0, 0.1) is 6.92 Å². The van der Waals surface area contributed by atoms with Crippen molar-refractivity contribution in [3.8, 4) is 5.75 Å². The third-order valence-corrected chi connectivity index (χ3v) is 3.31. The quantitative estimate of drug-likeness (QED) is 0.821. The van der Waals surface area contributed by atoms with E-state index in [1.165, 1.54) is 0 Å². The molecule has 23 heavy (non-hydrogen) atoms. The van der Waals surface area contributed by atoms with Crippen molar-refractivity contribution >= 4 is 11.9 Å². The highest BCUT2D eigenvalue weighted by atomic mass is 16.5. The summed E-state index contributed by atoms with van der Waals surface area (Å²) in [4.78, 5) is 23.2. The van der Waals surface area contributed by atoms with Crippen molar-refractivity contribution in [1.82, 2.24) is 5.32 Å². The fourth-order valence-electron chi connectivity index (χ4n) is 2.07. The number of carboxylic acid groups (broad SMARTS) is 1. The number of carbonyl (C=O) groups excluding carboxylic acids is 1. The van der Waals surface area contributed by atoms with Gasteiger partial charge >= 0.3 is 5.97 Å². The van der Waals surface area contributed by atoms with Gasteiger partial charge in [-0.2, -0.15) is 0 Å². The summed E-state index contributed by atoms with van der Waals surface area (Å²) in [5, 5.41) is 11.7. The minimum atomic E-state index is -1.07. The van der Waals surface area contributed by atoms with Crippen molar-refractivity contribution in [3.05, 3.63) is 65.7 Å². The van der Waals surface area contributed by atoms with E-state index in [0.29, 0.717) is 5.75 Å². The number of nitrogens with one attached hydrogen (secondary N) is 1. The number of amides is 1. The molecule has 0 saturated carbocycles. The van der Waals surface area contributed by atoms with Crippen LogP contribution in [0.1, 0.15) is 11.1 Å². The van der Waals surface area contributed by atoms with E-state index in [4.69, 9.17) is 4.74 Å². The van der Waals surface area contributed by atoms with Crippen LogP contribution in [0.25, 0.3) is 0 Å². The Kier molecular flexibility index (Phi) is 5.74. The topological polar surface area (TPSA) is 75.6 Å². The van der Waals surface area contributed by atoms with E-state index in [1.54, 1.807) is 12.1 Å². The Hall–Kier alpha value is -2.82. The maximum Gasteiger partial charge on any atom is 0.326 e. The number of aryl methyl sites for hydroxylation is 1. The summed E-state index contributed by atoms with van der Waals surface area (Å²) in [6.45, 7) is 1.74. The van der Waals surface area contributed by atoms with Gasteiger partial charge in [-0.15, -0.1) is 0 Å². The molecule has 1 atom stereocenters. The molecule has 2 aromatic rings. The predicted octanol–water partition coefficient (Wildman–Crippen LogP) is 2.19. The summed E-state index contributed by atoms with van der Waals surface area (Å²) in [5.41, 5.74) is 1.94. The SMILES string of the molecule is Cc1ccc(OCC(=O)NC(Cc2ccccc2)C(=O)O)cc1. The molecule has 0 aliphatic heterocycles. The van der Waals surface area contributed by atoms with E-state index >= 15 is 0 Å². The molecule has 5 nitrogen and oxygen atoms in total. The lowest BCUT2D eigenvalue weighted by atomic mass is 10.1. The lowest BCUT2D eigenvalue weighted by Crippen LogP contribution is -2.44. The number of carboxylic acids is 1. The first-order valence-corrected chi connectivity index (χ1v) is 7.30. The van der Waals surface area contributed by atoms with Crippen LogP contribution in [0.5, 0.6) is 5.75 Å². The fourth-order valence-corrected chi connectivity index (χ4v) is 2.07. The summed E-state index contributed by atoms with van der Waals surface area (Å²) in [7, 11) is 0. The highest BCUT2D eigenvalue weighted by molar-refractivity contribution is 5.84. The number of hydrogen-bond acceptors (Lipinski definition) is 3. The second kappa shape index (κ2) is 7.98. The molecule has 1 amide bonds. The smallest absolute Gasteiger partial charge is 0.326 e. The predicted molar refractivity (Wildman–Crippen MR) is 86.4 cm³/mol. The third-order valence-electron chi connectivity index (χ3n) is 3.31. The van der Waals surface area contributed by atoms with Gasteiger partial charge in [-0.1, -0.05) is 48.0 Å². The maximum absolute atomic E-state index is 11.9. The van der Waals surface area contributed by atoms with E-state index < -0.39 is 17.9 Å². The van der Waals surface area contributed by atoms with Gasteiger partial charge in [-0.05, 0) is 24.6 Å². The van der Waals surface area contributed by atoms with Crippen molar-refractivity contribution in [3.63, 3.8) is 0 Å². The Labute approximate surface area is 134 Å². The van der Waals surface area contributed by atoms with Crippen LogP contribution in [0.3, 0.4) is 0 Å². The minimum absolute atomic E-state index is 0.221. The van der Waals surface area contributed by atoms with Crippen LogP contribution >= 0.6 is 0 Å². The van der Waals surface area contributed by atoms with E-state index in [1.807, 2.05) is 49.4 Å². The zero-order valence-corrected chi connectivity index (χ0v) is 12.9. The largest absolute Gasteiger partial charge is 0.484 e. The molecule has 1 unspecified atom stereocenters. The fraction of sp³-hybridized carbons (Fsp3) is 0.222. The molecular weight excluding hydrogens is 294 g/mol. The van der Waals surface area contributed by atoms with Crippen LogP contribution in [0.2, 0.25) is 0 Å². The molecule has 0 radical (unpaired) electrons. The lowest BCUT2D eigenvalue weighted by Gasteiger charge is -2.15. The molecule has 0 fully saturated rings. The van der Waals surface area contributed by atoms with Gasteiger partial charge in [0.2, 0.25) is 0 Å². The first kappa shape index (κ1) is 16.5. The molecule has 0 bridgehead atoms. The number of hydrogen-bond donors (Lipinski definition) is 2. The Balaban J connectivity index is 1.88. The Bertz CT molecular complexity index is 652. The van der Waals surface area contributed by atoms with E-state index in [-0.39, 0.29) is 13.0 Å². The molecule has 2 aromatic carbocycles. The van der Waals surface area contributed by atoms with E-state index in [9.17, 15) is 14.7 Å². The third kappa shape index (κ3) is 5.47. The van der Waals surface area contributed by atoms with Crippen LogP contribution in [-0.4, -0.2) is 29.6 Å². The zero-order chi connectivity index (χ0) is 16.7. The van der Waals surface area contributed by atoms with Crippen LogP contribution in [0.15, 0.2) is 54.6 Å². The number of benzene rings is 2. The van der Waals surface area contributed by atoms with Gasteiger partial charge in [0.25, 0.3) is 5.91 Å². The second-order valence-corrected chi connectivity index (χ2v) is 5.25. The van der Waals surface area contributed by atoms with Crippen molar-refractivity contribution in [2.45, 2.75) is 19.4 Å². The van der Waals surface area contributed by atoms with Crippen LogP contribution in [-0.2, 0) is 16.0 Å². The van der Waals surface area contributed by atoms with Gasteiger partial charge in [0.15, 0.2) is 6.61 Å². The molecule has 0 spiro atoms. The normalized spacial score (nSPS) is 11.5. The molecule has 5 heteroatoms. The number of carbonyl (C=O) groups is 2. The first-order valence-electron chi connectivity index (χ1n) is 7.30. The summed E-state index contributed by atoms with van der Waals surface area (Å²) in [6.07, 6.45) is 0.229. The zero-order valence-electron chi connectivity index (χ0n) is 12.9. The highest BCUT2D eigenvalue weighted by Gasteiger charge is 2.20. The van der Waals surface area contributed by atoms with Crippen LogP contribution < -0.4 is 10.1 Å². The standard InChI is InChI=1S/C18H19NO4/c1-13-7-9-15(10-8-13)23-12-17(20)19-16(18(21)22)11-14-5-3-2-4-6-14/h2-10,16H,11-12H2,1H3,(H,19,20)(H,21,22). The summed E-state index contributed by atoms with van der Waals surface area (Å²) in [5.74, 6) is -0.966. The molecule has 120 valence electrons. The Morgan fingerprint density at radius 1 is 1.09 bits per heavy atom. The van der Waals surface area contributed by atoms with Gasteiger partial charge in [0, 0.05) is 6.42 Å². The van der Waals surface area contributed by atoms with Crippen molar-refractivity contribution in [1.29, 1.82) is 0 Å². The average molecular weight is 313 g/mol. The summed E-state index contributed by atoms with van der Waals surface area (Å²) in [6, 6.07) is 15.5. The van der Waals surface area contributed by atoms with Crippen LogP contribution in [0.4, 0.5) is 0 Å². The van der Waals surface area contributed by atoms with Gasteiger partial charge in [-0.3, -0.25) is 4.79 Å². The molecular formula is C18H19NO4. The number of ether oxygens (including phenoxy) is 1. The Morgan fingerprint density at radius 2 is 1.74 bits per heavy atom. The Morgan fingerprint density at radius 3 is 2.35 bits per heavy atom. The second-order valence-electron chi connectivity index (χ2n) is 5.25. The highest BCUT2D eigenvalue weighted by Crippen LogP contribution is 2.11. The molecule has 0 heterocycles. The average Bonchev–Trinajstić information content (AvgIpc) is 2.54. The summed E-state index contributed by atoms with van der Waals surface area (Å²) >= 11 is 0. The maximum atomic E-state index is 11.9. The molecule has 2 N–H and O–H groups in total. The molecule has 0 aliphatic rings. The van der Waals surface area contributed by atoms with Gasteiger partial charge < -0.3 is 15.2 Å². The lowest BCUT2D eigenvalue weighted by molar-refractivity contribution is -0.142. The van der Waals surface area contributed by atoms with Crippen molar-refractivity contribution in [2.24, 2.45) is 0 Å². The van der Waals surface area contributed by atoms with Crippen molar-refractivity contribution in [2.75, 3.05) is 6.61 Å². The first-order chi connectivity index (χ1) is 11.0. The number of rotatable bonds is 7.